The fourth-order valence-electron chi connectivity index (χ4n) is 1.84. The zero-order valence-electron chi connectivity index (χ0n) is 11.4. The summed E-state index contributed by atoms with van der Waals surface area (Å²) < 4.78 is 12.9. The molecule has 0 heterocycles. The number of rotatable bonds is 5. The molecule has 0 bridgehead atoms. The number of nitrogens with zero attached hydrogens (tertiary/aromatic N) is 1. The molecule has 0 aliphatic rings. The summed E-state index contributed by atoms with van der Waals surface area (Å²) in [5.41, 5.74) is 4.79. The maximum atomic E-state index is 12.9. The normalized spacial score (nSPS) is 14.2. The van der Waals surface area contributed by atoms with Crippen molar-refractivity contribution in [2.75, 3.05) is 32.9 Å². The Morgan fingerprint density at radius 1 is 1.53 bits per heavy atom. The van der Waals surface area contributed by atoms with Crippen LogP contribution >= 0.6 is 0 Å². The maximum absolute atomic E-state index is 12.9. The van der Waals surface area contributed by atoms with Gasteiger partial charge in [-0.3, -0.25) is 4.79 Å². The van der Waals surface area contributed by atoms with Gasteiger partial charge in [0.2, 0.25) is 0 Å². The minimum atomic E-state index is -1.05. The standard InChI is InChI=1S/C13H20FN3O2/c1-13(19,8-17(2)3)7-16-12(18)10-5-4-9(14)6-11(10)15/h4-6,19H,7-8,15H2,1-3H3,(H,16,18). The van der Waals surface area contributed by atoms with E-state index in [9.17, 15) is 14.3 Å². The van der Waals surface area contributed by atoms with Gasteiger partial charge in [-0.15, -0.1) is 0 Å². The van der Waals surface area contributed by atoms with Gasteiger partial charge in [-0.25, -0.2) is 4.39 Å². The van der Waals surface area contributed by atoms with E-state index in [-0.39, 0.29) is 17.8 Å². The van der Waals surface area contributed by atoms with E-state index in [4.69, 9.17) is 5.73 Å². The number of carbonyl (C=O) groups is 1. The predicted molar refractivity (Wildman–Crippen MR) is 72.3 cm³/mol. The number of nitrogens with two attached hydrogens (primary N) is 1. The lowest BCUT2D eigenvalue weighted by Gasteiger charge is -2.27. The summed E-state index contributed by atoms with van der Waals surface area (Å²) in [5, 5.41) is 12.6. The summed E-state index contributed by atoms with van der Waals surface area (Å²) in [4.78, 5) is 13.7. The number of anilines is 1. The molecule has 0 radical (unpaired) electrons. The highest BCUT2D eigenvalue weighted by molar-refractivity contribution is 5.99. The van der Waals surface area contributed by atoms with E-state index >= 15 is 0 Å². The van der Waals surface area contributed by atoms with Gasteiger partial charge < -0.3 is 21.1 Å². The third kappa shape index (κ3) is 4.84. The van der Waals surface area contributed by atoms with Crippen LogP contribution in [0.2, 0.25) is 0 Å². The van der Waals surface area contributed by atoms with Crippen molar-refractivity contribution in [1.29, 1.82) is 0 Å². The number of likely N-dealkylation sites (N-methyl/N-ethyl adjacent to an activating group) is 1. The van der Waals surface area contributed by atoms with E-state index in [2.05, 4.69) is 5.32 Å². The van der Waals surface area contributed by atoms with Crippen LogP contribution in [0.4, 0.5) is 10.1 Å². The number of hydrogen-bond acceptors (Lipinski definition) is 4. The smallest absolute Gasteiger partial charge is 0.253 e. The highest BCUT2D eigenvalue weighted by Crippen LogP contribution is 2.13. The van der Waals surface area contributed by atoms with Crippen LogP contribution in [0.1, 0.15) is 17.3 Å². The monoisotopic (exact) mass is 269 g/mol. The molecular formula is C13H20FN3O2. The Labute approximate surface area is 112 Å². The molecule has 0 saturated heterocycles. The first-order valence-corrected chi connectivity index (χ1v) is 5.91. The van der Waals surface area contributed by atoms with Crippen molar-refractivity contribution in [2.24, 2.45) is 0 Å². The van der Waals surface area contributed by atoms with Crippen LogP contribution < -0.4 is 11.1 Å². The molecular weight excluding hydrogens is 249 g/mol. The molecule has 5 nitrogen and oxygen atoms in total. The van der Waals surface area contributed by atoms with Gasteiger partial charge in [-0.1, -0.05) is 0 Å². The average molecular weight is 269 g/mol. The molecule has 1 unspecified atom stereocenters. The van der Waals surface area contributed by atoms with Gasteiger partial charge in [0.25, 0.3) is 5.91 Å². The molecule has 4 N–H and O–H groups in total. The minimum absolute atomic E-state index is 0.0738. The van der Waals surface area contributed by atoms with Gasteiger partial charge in [0.1, 0.15) is 5.82 Å². The van der Waals surface area contributed by atoms with Crippen molar-refractivity contribution in [2.45, 2.75) is 12.5 Å². The van der Waals surface area contributed by atoms with Crippen molar-refractivity contribution in [3.63, 3.8) is 0 Å². The molecule has 0 aliphatic heterocycles. The Morgan fingerprint density at radius 3 is 2.68 bits per heavy atom. The van der Waals surface area contributed by atoms with Crippen molar-refractivity contribution >= 4 is 11.6 Å². The molecule has 1 amide bonds. The van der Waals surface area contributed by atoms with E-state index in [1.165, 1.54) is 12.1 Å². The number of nitrogen functional groups attached to an aromatic ring is 1. The van der Waals surface area contributed by atoms with E-state index < -0.39 is 17.3 Å². The van der Waals surface area contributed by atoms with Crippen LogP contribution in [0.5, 0.6) is 0 Å². The number of nitrogens with one attached hydrogen (secondary N) is 1. The SMILES string of the molecule is CN(C)CC(C)(O)CNC(=O)c1ccc(F)cc1N. The lowest BCUT2D eigenvalue weighted by Crippen LogP contribution is -2.47. The summed E-state index contributed by atoms with van der Waals surface area (Å²) in [6, 6.07) is 3.58. The first-order chi connectivity index (χ1) is 8.71. The van der Waals surface area contributed by atoms with Gasteiger partial charge in [-0.05, 0) is 39.2 Å². The zero-order chi connectivity index (χ0) is 14.6. The van der Waals surface area contributed by atoms with E-state index in [0.717, 1.165) is 6.07 Å². The highest BCUT2D eigenvalue weighted by Gasteiger charge is 2.22. The van der Waals surface area contributed by atoms with Crippen LogP contribution in [0.15, 0.2) is 18.2 Å². The number of benzene rings is 1. The molecule has 1 rings (SSSR count). The maximum Gasteiger partial charge on any atom is 0.253 e. The van der Waals surface area contributed by atoms with Crippen LogP contribution in [0.25, 0.3) is 0 Å². The number of halogens is 1. The first kappa shape index (κ1) is 15.4. The molecule has 0 saturated carbocycles. The second-order valence-electron chi connectivity index (χ2n) is 5.15. The number of aliphatic hydroxyl groups is 1. The van der Waals surface area contributed by atoms with Crippen molar-refractivity contribution < 1.29 is 14.3 Å². The Kier molecular flexibility index (Phi) is 4.85. The van der Waals surface area contributed by atoms with Crippen LogP contribution in [-0.4, -0.2) is 48.7 Å². The molecule has 0 spiro atoms. The lowest BCUT2D eigenvalue weighted by molar-refractivity contribution is 0.0326. The van der Waals surface area contributed by atoms with Gasteiger partial charge >= 0.3 is 0 Å². The van der Waals surface area contributed by atoms with E-state index in [1.54, 1.807) is 6.92 Å². The van der Waals surface area contributed by atoms with Gasteiger partial charge in [0.05, 0.1) is 11.2 Å². The van der Waals surface area contributed by atoms with E-state index in [1.807, 2.05) is 19.0 Å². The molecule has 6 heteroatoms. The number of amides is 1. The molecule has 0 aromatic heterocycles. The minimum Gasteiger partial charge on any atom is -0.398 e. The van der Waals surface area contributed by atoms with Crippen LogP contribution in [-0.2, 0) is 0 Å². The molecule has 19 heavy (non-hydrogen) atoms. The average Bonchev–Trinajstić information content (AvgIpc) is 2.24. The summed E-state index contributed by atoms with van der Waals surface area (Å²) in [7, 11) is 3.66. The zero-order valence-corrected chi connectivity index (χ0v) is 11.4. The Hall–Kier alpha value is -1.66. The van der Waals surface area contributed by atoms with Crippen molar-refractivity contribution in [3.8, 4) is 0 Å². The molecule has 1 aromatic carbocycles. The Balaban J connectivity index is 2.65. The third-order valence-electron chi connectivity index (χ3n) is 2.54. The summed E-state index contributed by atoms with van der Waals surface area (Å²) in [5.74, 6) is -0.926. The quantitative estimate of drug-likeness (QED) is 0.678. The Morgan fingerprint density at radius 2 is 2.16 bits per heavy atom. The highest BCUT2D eigenvalue weighted by atomic mass is 19.1. The topological polar surface area (TPSA) is 78.6 Å². The largest absolute Gasteiger partial charge is 0.398 e. The fraction of sp³-hybridized carbons (Fsp3) is 0.462. The fourth-order valence-corrected chi connectivity index (χ4v) is 1.84. The van der Waals surface area contributed by atoms with Crippen LogP contribution in [0.3, 0.4) is 0 Å². The number of carbonyl (C=O) groups excluding carboxylic acids is 1. The predicted octanol–water partition coefficient (Wildman–Crippen LogP) is 0.450. The molecule has 1 aromatic rings. The van der Waals surface area contributed by atoms with Gasteiger partial charge in [0.15, 0.2) is 0 Å². The lowest BCUT2D eigenvalue weighted by atomic mass is 10.1. The summed E-state index contributed by atoms with van der Waals surface area (Å²) in [6.07, 6.45) is 0. The van der Waals surface area contributed by atoms with Crippen molar-refractivity contribution in [3.05, 3.63) is 29.6 Å². The first-order valence-electron chi connectivity index (χ1n) is 5.91. The van der Waals surface area contributed by atoms with Gasteiger partial charge in [0, 0.05) is 18.8 Å². The number of hydrogen-bond donors (Lipinski definition) is 3. The van der Waals surface area contributed by atoms with Gasteiger partial charge in [-0.2, -0.15) is 0 Å². The summed E-state index contributed by atoms with van der Waals surface area (Å²) in [6.45, 7) is 2.12. The summed E-state index contributed by atoms with van der Waals surface area (Å²) >= 11 is 0. The molecule has 106 valence electrons. The Bertz CT molecular complexity index is 461. The molecule has 1 atom stereocenters. The van der Waals surface area contributed by atoms with Crippen molar-refractivity contribution in [1.82, 2.24) is 10.2 Å². The van der Waals surface area contributed by atoms with E-state index in [0.29, 0.717) is 6.54 Å². The second-order valence-corrected chi connectivity index (χ2v) is 5.15. The molecule has 0 fully saturated rings. The third-order valence-corrected chi connectivity index (χ3v) is 2.54. The second kappa shape index (κ2) is 5.99. The van der Waals surface area contributed by atoms with Crippen LogP contribution in [0, 0.1) is 5.82 Å². The molecule has 0 aliphatic carbocycles.